The van der Waals surface area contributed by atoms with Crippen LogP contribution in [0, 0.1) is 13.8 Å². The van der Waals surface area contributed by atoms with Crippen LogP contribution in [0.2, 0.25) is 0 Å². The molecule has 1 aromatic carbocycles. The van der Waals surface area contributed by atoms with Gasteiger partial charge >= 0.3 is 5.97 Å². The Morgan fingerprint density at radius 1 is 1.32 bits per heavy atom. The number of benzene rings is 1. The Labute approximate surface area is 112 Å². The molecular weight excluding hydrogens is 246 g/mol. The van der Waals surface area contributed by atoms with Crippen LogP contribution in [0.5, 0.6) is 0 Å². The molecule has 1 unspecified atom stereocenters. The van der Waals surface area contributed by atoms with Crippen LogP contribution in [0.1, 0.15) is 29.7 Å². The molecule has 19 heavy (non-hydrogen) atoms. The van der Waals surface area contributed by atoms with Crippen LogP contribution in [0.25, 0.3) is 0 Å². The van der Waals surface area contributed by atoms with Crippen molar-refractivity contribution in [2.24, 2.45) is 0 Å². The van der Waals surface area contributed by atoms with E-state index < -0.39 is 12.6 Å². The van der Waals surface area contributed by atoms with Crippen molar-refractivity contribution in [3.05, 3.63) is 34.9 Å². The van der Waals surface area contributed by atoms with Gasteiger partial charge in [0.15, 0.2) is 0 Å². The molecule has 1 rings (SSSR count). The van der Waals surface area contributed by atoms with Crippen molar-refractivity contribution < 1.29 is 19.4 Å². The van der Waals surface area contributed by atoms with E-state index in [-0.39, 0.29) is 18.6 Å². The van der Waals surface area contributed by atoms with E-state index in [9.17, 15) is 9.59 Å². The average Bonchev–Trinajstić information content (AvgIpc) is 2.31. The lowest BCUT2D eigenvalue weighted by Crippen LogP contribution is -2.31. The summed E-state index contributed by atoms with van der Waals surface area (Å²) >= 11 is 0. The van der Waals surface area contributed by atoms with E-state index in [4.69, 9.17) is 9.84 Å². The lowest BCUT2D eigenvalue weighted by atomic mass is 10.00. The van der Waals surface area contributed by atoms with E-state index in [1.807, 2.05) is 39.0 Å². The molecule has 5 nitrogen and oxygen atoms in total. The first-order valence-electron chi connectivity index (χ1n) is 6.06. The molecule has 1 amide bonds. The molecule has 5 heteroatoms. The van der Waals surface area contributed by atoms with Crippen LogP contribution in [0.15, 0.2) is 18.2 Å². The molecule has 0 spiro atoms. The highest BCUT2D eigenvalue weighted by Gasteiger charge is 2.12. The van der Waals surface area contributed by atoms with Gasteiger partial charge in [-0.3, -0.25) is 4.79 Å². The molecule has 0 aliphatic heterocycles. The second-order valence-electron chi connectivity index (χ2n) is 4.54. The quantitative estimate of drug-likeness (QED) is 0.819. The Hall–Kier alpha value is -1.88. The predicted molar refractivity (Wildman–Crippen MR) is 70.9 cm³/mol. The maximum absolute atomic E-state index is 11.6. The number of aryl methyl sites for hydroxylation is 2. The summed E-state index contributed by atoms with van der Waals surface area (Å²) in [6.07, 6.45) is 0. The smallest absolute Gasteiger partial charge is 0.329 e. The second-order valence-corrected chi connectivity index (χ2v) is 4.54. The zero-order valence-electron chi connectivity index (χ0n) is 11.4. The van der Waals surface area contributed by atoms with Gasteiger partial charge in [0.05, 0.1) is 6.04 Å². The van der Waals surface area contributed by atoms with Crippen molar-refractivity contribution in [3.63, 3.8) is 0 Å². The van der Waals surface area contributed by atoms with Gasteiger partial charge in [0.2, 0.25) is 5.91 Å². The molecule has 0 radical (unpaired) electrons. The monoisotopic (exact) mass is 265 g/mol. The van der Waals surface area contributed by atoms with E-state index in [1.54, 1.807) is 0 Å². The van der Waals surface area contributed by atoms with Gasteiger partial charge in [-0.15, -0.1) is 0 Å². The lowest BCUT2D eigenvalue weighted by molar-refractivity contribution is -0.143. The minimum Gasteiger partial charge on any atom is -0.480 e. The molecule has 1 aromatic rings. The number of ether oxygens (including phenoxy) is 1. The maximum Gasteiger partial charge on any atom is 0.329 e. The Bertz CT molecular complexity index is 471. The number of carbonyl (C=O) groups is 2. The Morgan fingerprint density at radius 2 is 2.00 bits per heavy atom. The highest BCUT2D eigenvalue weighted by Crippen LogP contribution is 2.18. The Morgan fingerprint density at radius 3 is 2.63 bits per heavy atom. The molecule has 0 aromatic heterocycles. The van der Waals surface area contributed by atoms with Crippen LogP contribution in [-0.2, 0) is 14.3 Å². The second kappa shape index (κ2) is 6.89. The summed E-state index contributed by atoms with van der Waals surface area (Å²) in [5.74, 6) is -1.41. The van der Waals surface area contributed by atoms with Crippen molar-refractivity contribution in [2.45, 2.75) is 26.8 Å². The lowest BCUT2D eigenvalue weighted by Gasteiger charge is -2.17. The molecule has 0 fully saturated rings. The first-order chi connectivity index (χ1) is 8.90. The van der Waals surface area contributed by atoms with E-state index >= 15 is 0 Å². The third kappa shape index (κ3) is 5.09. The van der Waals surface area contributed by atoms with Crippen molar-refractivity contribution in [1.82, 2.24) is 5.32 Å². The Balaban J connectivity index is 2.54. The van der Waals surface area contributed by atoms with Gasteiger partial charge in [0.1, 0.15) is 13.2 Å². The molecule has 0 aliphatic rings. The number of amides is 1. The summed E-state index contributed by atoms with van der Waals surface area (Å²) in [4.78, 5) is 21.8. The molecule has 0 saturated heterocycles. The van der Waals surface area contributed by atoms with Gasteiger partial charge in [-0.1, -0.05) is 23.8 Å². The number of carboxylic acid groups (broad SMARTS) is 1. The van der Waals surface area contributed by atoms with Crippen LogP contribution >= 0.6 is 0 Å². The molecule has 0 aliphatic carbocycles. The number of hydrogen-bond acceptors (Lipinski definition) is 3. The fourth-order valence-electron chi connectivity index (χ4n) is 1.82. The first kappa shape index (κ1) is 15.2. The zero-order chi connectivity index (χ0) is 14.4. The SMILES string of the molecule is Cc1ccc(C)c(C(C)NC(=O)COCC(=O)O)c1. The minimum absolute atomic E-state index is 0.138. The fraction of sp³-hybridized carbons (Fsp3) is 0.429. The van der Waals surface area contributed by atoms with Crippen molar-refractivity contribution in [1.29, 1.82) is 0 Å². The predicted octanol–water partition coefficient (Wildman–Crippen LogP) is 1.58. The van der Waals surface area contributed by atoms with Crippen LogP contribution in [0.3, 0.4) is 0 Å². The van der Waals surface area contributed by atoms with Gasteiger partial charge in [-0.05, 0) is 31.9 Å². The number of hydrogen-bond donors (Lipinski definition) is 2. The van der Waals surface area contributed by atoms with E-state index in [1.165, 1.54) is 0 Å². The zero-order valence-corrected chi connectivity index (χ0v) is 11.4. The summed E-state index contributed by atoms with van der Waals surface area (Å²) in [5.41, 5.74) is 3.28. The summed E-state index contributed by atoms with van der Waals surface area (Å²) in [6.45, 7) is 5.15. The van der Waals surface area contributed by atoms with E-state index in [0.29, 0.717) is 0 Å². The molecule has 0 saturated carbocycles. The van der Waals surface area contributed by atoms with Gasteiger partial charge in [0, 0.05) is 0 Å². The largest absolute Gasteiger partial charge is 0.480 e. The summed E-state index contributed by atoms with van der Waals surface area (Å²) in [7, 11) is 0. The highest BCUT2D eigenvalue weighted by atomic mass is 16.5. The molecule has 104 valence electrons. The molecule has 2 N–H and O–H groups in total. The van der Waals surface area contributed by atoms with Crippen LogP contribution in [-0.4, -0.2) is 30.2 Å². The van der Waals surface area contributed by atoms with Crippen molar-refractivity contribution >= 4 is 11.9 Å². The van der Waals surface area contributed by atoms with Crippen molar-refractivity contribution in [3.8, 4) is 0 Å². The third-order valence-electron chi connectivity index (χ3n) is 2.74. The number of nitrogens with one attached hydrogen (secondary N) is 1. The van der Waals surface area contributed by atoms with Gasteiger partial charge in [-0.2, -0.15) is 0 Å². The summed E-state index contributed by atoms with van der Waals surface area (Å²) < 4.78 is 4.74. The normalized spacial score (nSPS) is 11.9. The first-order valence-corrected chi connectivity index (χ1v) is 6.06. The van der Waals surface area contributed by atoms with Crippen LogP contribution < -0.4 is 5.32 Å². The highest BCUT2D eigenvalue weighted by molar-refractivity contribution is 5.78. The molecule has 1 atom stereocenters. The standard InChI is InChI=1S/C14H19NO4/c1-9-4-5-10(2)12(6-9)11(3)15-13(16)7-19-8-14(17)18/h4-6,11H,7-8H2,1-3H3,(H,15,16)(H,17,18). The molecule has 0 bridgehead atoms. The van der Waals surface area contributed by atoms with Gasteiger partial charge in [0.25, 0.3) is 0 Å². The third-order valence-corrected chi connectivity index (χ3v) is 2.74. The number of rotatable bonds is 6. The fourth-order valence-corrected chi connectivity index (χ4v) is 1.82. The Kier molecular flexibility index (Phi) is 5.51. The van der Waals surface area contributed by atoms with Crippen LogP contribution in [0.4, 0.5) is 0 Å². The summed E-state index contributed by atoms with van der Waals surface area (Å²) in [6, 6.07) is 5.91. The van der Waals surface area contributed by atoms with Gasteiger partial charge in [-0.25, -0.2) is 4.79 Å². The number of carbonyl (C=O) groups excluding carboxylic acids is 1. The molecule has 0 heterocycles. The topological polar surface area (TPSA) is 75.6 Å². The number of carboxylic acids is 1. The molecular formula is C14H19NO4. The van der Waals surface area contributed by atoms with E-state index in [2.05, 4.69) is 5.32 Å². The minimum atomic E-state index is -1.09. The van der Waals surface area contributed by atoms with E-state index in [0.717, 1.165) is 16.7 Å². The van der Waals surface area contributed by atoms with Crippen molar-refractivity contribution in [2.75, 3.05) is 13.2 Å². The van der Waals surface area contributed by atoms with Gasteiger partial charge < -0.3 is 15.2 Å². The summed E-state index contributed by atoms with van der Waals surface area (Å²) in [5, 5.41) is 11.2. The average molecular weight is 265 g/mol. The maximum atomic E-state index is 11.6. The number of aliphatic carboxylic acids is 1.